The van der Waals surface area contributed by atoms with E-state index in [0.717, 1.165) is 22.4 Å². The van der Waals surface area contributed by atoms with Gasteiger partial charge in [-0.15, -0.1) is 0 Å². The van der Waals surface area contributed by atoms with Gasteiger partial charge >= 0.3 is 35.8 Å². The van der Waals surface area contributed by atoms with Gasteiger partial charge in [-0.2, -0.15) is 9.97 Å². The van der Waals surface area contributed by atoms with Crippen LogP contribution in [0.2, 0.25) is 0 Å². The SMILES string of the molecule is COC(=O)NCC#Cc1cn([C@H]2CC(C)[C@@H](COP(=O)([O-])OP(=O)([O-])OP(=O)([O-])O)O2)c(=O)[nH]c1=O.COC(=O)NCC#Cc1cn([C@H]2CC(C)[C@@H](COP(=O)([O-])OP(=O)([O-])OP(=O)([O-])O)O2)c(=O)nc1N.COC(=O)NCC#Cc1cn([C@H]2CC(C)[C@@H](COP(=O)([O-])OP(=O)([O-])OP(=O)([O-])O)O2)c2nc(N)[nH]c(=O)c12.COC(=O)NCC#Cc1cn([C@H]2CC(C)[C@@H](COP(=O)([O-])OP(=O)([O-])OP(=O)([O-])O)O2)c2ncnc(N)c12. The second-order valence-electron chi connectivity index (χ2n) is 29.7. The molecule has 24 atom stereocenters. The maximum atomic E-state index is 12.6. The number of hydrogen-bond acceptors (Lipinski definition) is 59. The molecule has 0 aromatic carbocycles. The Morgan fingerprint density at radius 1 is 0.383 bits per heavy atom. The van der Waals surface area contributed by atoms with Gasteiger partial charge in [-0.05, 0) is 49.4 Å². The molecule has 0 radical (unpaired) electrons. The van der Waals surface area contributed by atoms with Crippen molar-refractivity contribution >= 4 is 158 Å². The number of hydrogen-bond donors (Lipinski definition) is 13. The Balaban J connectivity index is 0.000000269. The Kier molecular flexibility index (Phi) is 45.1. The van der Waals surface area contributed by atoms with Crippen LogP contribution in [0.5, 0.6) is 0 Å². The standard InChI is InChI=1S/C17H24N5O14P3.C17H24N5O13P3.C15H23N4O14P3.C15H22N3O15P3/c1-9-6-12(34-11(9)8-33-38(28,29)36-39(30,31)35-37(25,26)27)22-7-10(4-3-5-19-17(24)32-2)13-14(22)20-16(18)21-15(13)23;1-10-6-13(33-12(10)8-32-37(27,28)35-38(29,30)34-36(24,25)26)22-7-11(4-3-5-19-17(23)31-2)14-15(18)20-9-21-16(14)22;1-9-6-12(19-7-10(13(16)18-14(19)20)4-3-5-17-15(21)29-2)31-11(9)8-30-35(25,26)33-36(27,28)32-34(22,23)24;1-9-6-12(18-7-10(13(19)17-14(18)20)4-3-5-16-15(21)29-2)31-11(9)8-30-35(25,26)33-36(27,28)32-34(22,23)24/h7,9,11-12H,5-6,8H2,1-2H3,(H,19,24)(H,28,29)(H,30,31)(H2,25,26,27)(H3,18,20,21,23);7,9-10,12-13H,5-6,8H2,1-2H3,(H,19,23)(H,27,28)(H,29,30)(H2,18,20,21)(H2,24,25,26);7,9,11-12H,5-6,8H2,1-2H3,(H,17,21)(H,25,26)(H,27,28)(H2,16,18,20)(H2,22,23,24);7,9,11-12H,5-6,8H2,1-2H3,(H,16,21)(H,25,26)(H,27,28)(H,17,19,20)(H2,22,23,24)/p-12/t9?,11-,12-;10?,12-,13-;2*9?,11-,12-/m1111/s1. The average Bonchev–Trinajstić information content (AvgIpc) is 1.60. The number of alkyl carbamates (subject to hydrolysis) is 4. The van der Waals surface area contributed by atoms with Crippen molar-refractivity contribution in [3.05, 3.63) is 95.0 Å². The molecular weight excluding hydrogens is 2270 g/mol. The van der Waals surface area contributed by atoms with Gasteiger partial charge in [-0.1, -0.05) is 75.1 Å². The number of fused-ring (bicyclic) bond motifs is 2. The first-order valence-electron chi connectivity index (χ1n) is 40.2. The number of H-pyrrole nitrogens is 2. The summed E-state index contributed by atoms with van der Waals surface area (Å²) in [7, 11) is -65.6. The van der Waals surface area contributed by atoms with E-state index in [-0.39, 0.29) is 96.7 Å². The summed E-state index contributed by atoms with van der Waals surface area (Å²) in [5.41, 5.74) is 15.4. The maximum Gasteiger partial charge on any atom is 0.407 e. The number of ether oxygens (including phenoxy) is 8. The number of amides is 4. The number of rotatable bonds is 36. The van der Waals surface area contributed by atoms with E-state index >= 15 is 0 Å². The number of aromatic nitrogens is 10. The van der Waals surface area contributed by atoms with Crippen molar-refractivity contribution in [3.63, 3.8) is 0 Å². The molecule has 10 rings (SSSR count). The molecule has 4 aliphatic rings. The number of aromatic amines is 2. The zero-order valence-corrected chi connectivity index (χ0v) is 87.2. The fourth-order valence-corrected chi connectivity index (χ4v) is 24.2. The van der Waals surface area contributed by atoms with E-state index < -0.39 is 234 Å². The van der Waals surface area contributed by atoms with Crippen LogP contribution in [0, 0.1) is 71.0 Å². The second-order valence-corrected chi connectivity index (χ2v) is 46.9. The highest BCUT2D eigenvalue weighted by atomic mass is 31.3. The largest absolute Gasteiger partial charge is 0.756 e. The molecule has 73 nitrogen and oxygen atoms in total. The molecule has 10 heterocycles. The van der Waals surface area contributed by atoms with Crippen LogP contribution in [0.25, 0.3) is 22.1 Å². The summed E-state index contributed by atoms with van der Waals surface area (Å²) in [4.78, 5) is 282. The summed E-state index contributed by atoms with van der Waals surface area (Å²) in [5, 5.41) is 9.82. The maximum absolute atomic E-state index is 12.6. The average molecular weight is 2360 g/mol. The van der Waals surface area contributed by atoms with Gasteiger partial charge in [0.05, 0.1) is 133 Å². The van der Waals surface area contributed by atoms with E-state index in [4.69, 9.17) is 55.7 Å². The van der Waals surface area contributed by atoms with Crippen LogP contribution >= 0.6 is 93.9 Å². The number of phosphoric acid groups is 12. The highest BCUT2D eigenvalue weighted by molar-refractivity contribution is 7.67. The van der Waals surface area contributed by atoms with Crippen molar-refractivity contribution in [1.29, 1.82) is 0 Å². The number of carbonyl (C=O) groups excluding carboxylic acids is 4. The fraction of sp³-hybridized carbons (Fsp3) is 0.500. The number of nitrogen functional groups attached to an aromatic ring is 3. The van der Waals surface area contributed by atoms with E-state index in [9.17, 15) is 152 Å². The van der Waals surface area contributed by atoms with Crippen LogP contribution in [0.15, 0.2) is 50.3 Å². The molecule has 4 fully saturated rings. The Bertz CT molecular complexity index is 7070. The van der Waals surface area contributed by atoms with Gasteiger partial charge in [0.25, 0.3) is 105 Å². The lowest BCUT2D eigenvalue weighted by Crippen LogP contribution is -2.34. The van der Waals surface area contributed by atoms with Crippen molar-refractivity contribution in [2.45, 2.75) is 103 Å². The molecule has 6 aromatic rings. The minimum absolute atomic E-state index is 0.0212. The third-order valence-corrected chi connectivity index (χ3v) is 33.6. The van der Waals surface area contributed by atoms with Crippen LogP contribution < -0.4 is 120 Å². The molecule has 4 aliphatic heterocycles. The smallest absolute Gasteiger partial charge is 0.407 e. The zero-order chi connectivity index (χ0) is 112. The van der Waals surface area contributed by atoms with E-state index in [1.165, 1.54) is 44.6 Å². The minimum Gasteiger partial charge on any atom is -0.756 e. The van der Waals surface area contributed by atoms with Crippen molar-refractivity contribution in [3.8, 4) is 47.4 Å². The van der Waals surface area contributed by atoms with Crippen molar-refractivity contribution < 1.29 is 243 Å². The summed E-state index contributed by atoms with van der Waals surface area (Å²) in [6, 6.07) is 0. The zero-order valence-electron chi connectivity index (χ0n) is 76.5. The van der Waals surface area contributed by atoms with Gasteiger partial charge in [0.1, 0.15) is 54.1 Å². The molecule has 0 bridgehead atoms. The molecule has 0 spiro atoms. The second kappa shape index (κ2) is 53.1. The molecule has 16 N–H and O–H groups in total. The summed E-state index contributed by atoms with van der Waals surface area (Å²) in [6.45, 7) is 3.14. The molecule has 0 aliphatic carbocycles. The van der Waals surface area contributed by atoms with E-state index in [2.05, 4.69) is 165 Å². The Hall–Kier alpha value is -9.20. The highest BCUT2D eigenvalue weighted by Gasteiger charge is 2.42. The molecule has 0 saturated carbocycles. The predicted molar refractivity (Wildman–Crippen MR) is 463 cm³/mol. The van der Waals surface area contributed by atoms with Gasteiger partial charge in [0.15, 0.2) is 5.65 Å². The number of methoxy groups -OCH3 is 4. The van der Waals surface area contributed by atoms with E-state index in [1.54, 1.807) is 38.5 Å². The van der Waals surface area contributed by atoms with Gasteiger partial charge < -0.3 is 182 Å². The van der Waals surface area contributed by atoms with Crippen LogP contribution in [0.1, 0.15) is 101 Å². The molecular formula is C64H81N17O56P12-12. The van der Waals surface area contributed by atoms with Crippen LogP contribution in [-0.2, 0) is 145 Å². The van der Waals surface area contributed by atoms with E-state index in [1.807, 2.05) is 4.98 Å². The number of carbonyl (C=O) groups is 4. The number of anilines is 3. The molecule has 4 saturated heterocycles. The lowest BCUT2D eigenvalue weighted by atomic mass is 10.0. The number of nitrogens with two attached hydrogens (primary N) is 3. The normalized spacial score (nSPS) is 24.1. The fourth-order valence-electron chi connectivity index (χ4n) is 12.6. The topological polar surface area (TPSA) is 1110 Å². The predicted octanol–water partition coefficient (Wildman–Crippen LogP) is -7.00. The summed E-state index contributed by atoms with van der Waals surface area (Å²) >= 11 is 0. The summed E-state index contributed by atoms with van der Waals surface area (Å²) in [6.07, 6.45) is -2.81. The Morgan fingerprint density at radius 2 is 0.671 bits per heavy atom. The third kappa shape index (κ3) is 42.0. The highest BCUT2D eigenvalue weighted by Crippen LogP contribution is 2.65. The number of nitrogens with one attached hydrogen (secondary N) is 6. The molecule has 6 aromatic heterocycles. The van der Waals surface area contributed by atoms with Crippen molar-refractivity contribution in [2.75, 3.05) is 98.2 Å². The molecule has 149 heavy (non-hydrogen) atoms. The van der Waals surface area contributed by atoms with Gasteiger partial charge in [0.2, 0.25) is 5.95 Å². The lowest BCUT2D eigenvalue weighted by molar-refractivity contribution is -0.254. The van der Waals surface area contributed by atoms with Gasteiger partial charge in [0, 0.05) is 24.8 Å². The first-order valence-corrected chi connectivity index (χ1v) is 57.8. The van der Waals surface area contributed by atoms with Crippen molar-refractivity contribution in [2.24, 2.45) is 23.7 Å². The van der Waals surface area contributed by atoms with Crippen LogP contribution in [0.4, 0.5) is 36.8 Å². The molecule has 4 amide bonds. The van der Waals surface area contributed by atoms with Gasteiger partial charge in [-0.3, -0.25) is 83.5 Å². The number of phosphoric ester groups is 4. The van der Waals surface area contributed by atoms with Crippen LogP contribution in [0.3, 0.4) is 0 Å². The number of nitrogens with zero attached hydrogens (tertiary/aromatic N) is 8. The van der Waals surface area contributed by atoms with Gasteiger partial charge in [-0.25, -0.2) is 73.2 Å². The van der Waals surface area contributed by atoms with E-state index in [0.29, 0.717) is 23.0 Å². The lowest BCUT2D eigenvalue weighted by Gasteiger charge is -2.33. The quantitative estimate of drug-likeness (QED) is 0.00987. The Morgan fingerprint density at radius 3 is 1.00 bits per heavy atom. The Labute approximate surface area is 833 Å². The molecule has 16 unspecified atom stereocenters. The summed E-state index contributed by atoms with van der Waals surface area (Å²) in [5.74, 6) is 19.2. The monoisotopic (exact) mass is 2360 g/mol. The summed E-state index contributed by atoms with van der Waals surface area (Å²) < 4.78 is 225. The first kappa shape index (κ1) is 127. The minimum atomic E-state index is -6.05. The van der Waals surface area contributed by atoms with Crippen LogP contribution in [-0.4, -0.2) is 198 Å². The van der Waals surface area contributed by atoms with Crippen molar-refractivity contribution in [1.82, 2.24) is 69.4 Å². The third-order valence-electron chi connectivity index (χ3n) is 18.8. The molecule has 830 valence electrons. The first-order chi connectivity index (χ1) is 68.6. The molecule has 85 heteroatoms.